The highest BCUT2D eigenvalue weighted by Crippen LogP contribution is 2.23. The first-order chi connectivity index (χ1) is 9.50. The maximum Gasteiger partial charge on any atom is 0.227 e. The van der Waals surface area contributed by atoms with E-state index in [1.807, 2.05) is 56.0 Å². The van der Waals surface area contributed by atoms with E-state index in [1.165, 1.54) is 0 Å². The summed E-state index contributed by atoms with van der Waals surface area (Å²) < 4.78 is 5.57. The van der Waals surface area contributed by atoms with E-state index in [-0.39, 0.29) is 30.0 Å². The first-order valence-corrected chi connectivity index (χ1v) is 7.23. The molecule has 110 valence electrons. The Morgan fingerprint density at radius 2 is 2.00 bits per heavy atom. The summed E-state index contributed by atoms with van der Waals surface area (Å²) >= 11 is 0. The van der Waals surface area contributed by atoms with Gasteiger partial charge in [0.15, 0.2) is 0 Å². The van der Waals surface area contributed by atoms with E-state index in [1.54, 1.807) is 0 Å². The molecular formula is C16H24N2O2. The summed E-state index contributed by atoms with van der Waals surface area (Å²) in [5.41, 5.74) is 7.25. The van der Waals surface area contributed by atoms with Crippen LogP contribution >= 0.6 is 0 Å². The lowest BCUT2D eigenvalue weighted by Gasteiger charge is -2.39. The van der Waals surface area contributed by atoms with Gasteiger partial charge >= 0.3 is 0 Å². The number of rotatable bonds is 3. The minimum absolute atomic E-state index is 0.0929. The molecule has 0 aliphatic carbocycles. The second-order valence-electron chi connectivity index (χ2n) is 5.71. The Hall–Kier alpha value is -1.39. The van der Waals surface area contributed by atoms with Gasteiger partial charge in [0.2, 0.25) is 5.91 Å². The lowest BCUT2D eigenvalue weighted by Crippen LogP contribution is -2.52. The Labute approximate surface area is 120 Å². The third-order valence-electron chi connectivity index (χ3n) is 4.00. The molecule has 1 aromatic carbocycles. The van der Waals surface area contributed by atoms with Gasteiger partial charge in [0, 0.05) is 12.6 Å². The fourth-order valence-corrected chi connectivity index (χ4v) is 2.59. The lowest BCUT2D eigenvalue weighted by molar-refractivity contribution is -0.147. The minimum atomic E-state index is -0.269. The van der Waals surface area contributed by atoms with Gasteiger partial charge in [-0.25, -0.2) is 0 Å². The van der Waals surface area contributed by atoms with Crippen molar-refractivity contribution in [2.45, 2.75) is 39.0 Å². The zero-order valence-electron chi connectivity index (χ0n) is 12.5. The van der Waals surface area contributed by atoms with Crippen molar-refractivity contribution in [1.29, 1.82) is 0 Å². The number of amides is 1. The molecule has 1 saturated heterocycles. The van der Waals surface area contributed by atoms with Crippen molar-refractivity contribution in [3.8, 4) is 0 Å². The van der Waals surface area contributed by atoms with Crippen LogP contribution in [0.15, 0.2) is 30.3 Å². The quantitative estimate of drug-likeness (QED) is 0.918. The average Bonchev–Trinajstić information content (AvgIpc) is 2.48. The highest BCUT2D eigenvalue weighted by molar-refractivity contribution is 5.80. The molecule has 4 atom stereocenters. The number of morpholine rings is 1. The molecule has 1 heterocycles. The molecule has 1 aliphatic rings. The fourth-order valence-electron chi connectivity index (χ4n) is 2.59. The van der Waals surface area contributed by atoms with Crippen molar-refractivity contribution in [3.63, 3.8) is 0 Å². The van der Waals surface area contributed by atoms with Gasteiger partial charge in [-0.15, -0.1) is 0 Å². The normalized spacial score (nSPS) is 26.1. The van der Waals surface area contributed by atoms with Gasteiger partial charge in [-0.05, 0) is 19.4 Å². The molecule has 0 bridgehead atoms. The van der Waals surface area contributed by atoms with Gasteiger partial charge in [0.1, 0.15) is 0 Å². The molecule has 0 unspecified atom stereocenters. The molecular weight excluding hydrogens is 252 g/mol. The van der Waals surface area contributed by atoms with Crippen LogP contribution in [0.1, 0.15) is 32.4 Å². The number of nitrogens with two attached hydrogens (primary N) is 1. The third kappa shape index (κ3) is 3.19. The second kappa shape index (κ2) is 6.37. The Bertz CT molecular complexity index is 449. The van der Waals surface area contributed by atoms with Crippen molar-refractivity contribution in [1.82, 2.24) is 4.90 Å². The molecule has 1 aliphatic heterocycles. The van der Waals surface area contributed by atoms with Crippen molar-refractivity contribution in [2.75, 3.05) is 13.2 Å². The van der Waals surface area contributed by atoms with E-state index in [4.69, 9.17) is 10.5 Å². The maximum atomic E-state index is 12.7. The molecule has 1 aromatic rings. The predicted octanol–water partition coefficient (Wildman–Crippen LogP) is 1.96. The smallest absolute Gasteiger partial charge is 0.227 e. The molecule has 0 spiro atoms. The zero-order valence-corrected chi connectivity index (χ0v) is 12.5. The number of carbonyl (C=O) groups excluding carboxylic acids is 1. The van der Waals surface area contributed by atoms with Gasteiger partial charge in [-0.2, -0.15) is 0 Å². The van der Waals surface area contributed by atoms with Gasteiger partial charge in [0.05, 0.1) is 24.7 Å². The predicted molar refractivity (Wildman–Crippen MR) is 79.1 cm³/mol. The van der Waals surface area contributed by atoms with Gasteiger partial charge in [0.25, 0.3) is 0 Å². The summed E-state index contributed by atoms with van der Waals surface area (Å²) in [6.45, 7) is 7.16. The molecule has 2 N–H and O–H groups in total. The average molecular weight is 276 g/mol. The third-order valence-corrected chi connectivity index (χ3v) is 4.00. The molecule has 4 nitrogen and oxygen atoms in total. The van der Waals surface area contributed by atoms with E-state index in [0.717, 1.165) is 5.56 Å². The molecule has 1 fully saturated rings. The van der Waals surface area contributed by atoms with Crippen LogP contribution in [-0.2, 0) is 9.53 Å². The summed E-state index contributed by atoms with van der Waals surface area (Å²) in [6, 6.07) is 9.64. The molecule has 4 heteroatoms. The molecule has 2 rings (SSSR count). The van der Waals surface area contributed by atoms with E-state index >= 15 is 0 Å². The van der Waals surface area contributed by atoms with Gasteiger partial charge in [-0.3, -0.25) is 4.79 Å². The summed E-state index contributed by atoms with van der Waals surface area (Å²) in [5.74, 6) is -0.117. The highest BCUT2D eigenvalue weighted by atomic mass is 16.5. The number of nitrogens with zero attached hydrogens (tertiary/aromatic N) is 1. The Morgan fingerprint density at radius 3 is 2.65 bits per heavy atom. The van der Waals surface area contributed by atoms with Crippen LogP contribution in [-0.4, -0.2) is 36.1 Å². The van der Waals surface area contributed by atoms with Crippen LogP contribution in [0, 0.1) is 5.92 Å². The van der Waals surface area contributed by atoms with Crippen LogP contribution in [0.25, 0.3) is 0 Å². The molecule has 1 amide bonds. The summed E-state index contributed by atoms with van der Waals surface area (Å²) in [7, 11) is 0. The summed E-state index contributed by atoms with van der Waals surface area (Å²) in [4.78, 5) is 14.6. The summed E-state index contributed by atoms with van der Waals surface area (Å²) in [5, 5.41) is 0. The zero-order chi connectivity index (χ0) is 14.7. The van der Waals surface area contributed by atoms with Crippen LogP contribution in [0.2, 0.25) is 0 Å². The number of ether oxygens (including phenoxy) is 1. The number of benzene rings is 1. The van der Waals surface area contributed by atoms with E-state index < -0.39 is 0 Å². The number of hydrogen-bond donors (Lipinski definition) is 1. The first-order valence-electron chi connectivity index (χ1n) is 7.23. The standard InChI is InChI=1S/C16H24N2O2/c1-11-10-20-12(2)9-18(11)16(19)13(3)15(17)14-7-5-4-6-8-14/h4-8,11-13,15H,9-10,17H2,1-3H3/t11-,12-,13-,15-/m1/s1. The van der Waals surface area contributed by atoms with Crippen molar-refractivity contribution < 1.29 is 9.53 Å². The first kappa shape index (κ1) is 15.0. The largest absolute Gasteiger partial charge is 0.375 e. The number of carbonyl (C=O) groups is 1. The van der Waals surface area contributed by atoms with Crippen LogP contribution in [0.5, 0.6) is 0 Å². The molecule has 0 radical (unpaired) electrons. The molecule has 0 aromatic heterocycles. The van der Waals surface area contributed by atoms with Crippen molar-refractivity contribution in [3.05, 3.63) is 35.9 Å². The fraction of sp³-hybridized carbons (Fsp3) is 0.562. The van der Waals surface area contributed by atoms with E-state index in [0.29, 0.717) is 13.2 Å². The van der Waals surface area contributed by atoms with Crippen molar-refractivity contribution >= 4 is 5.91 Å². The Balaban J connectivity index is 2.08. The SMILES string of the molecule is C[C@@H]1CN(C(=O)[C@H](C)[C@@H](N)c2ccccc2)[C@H](C)CO1. The second-order valence-corrected chi connectivity index (χ2v) is 5.71. The molecule has 20 heavy (non-hydrogen) atoms. The molecule has 0 saturated carbocycles. The van der Waals surface area contributed by atoms with Crippen LogP contribution in [0.3, 0.4) is 0 Å². The van der Waals surface area contributed by atoms with Gasteiger partial charge < -0.3 is 15.4 Å². The van der Waals surface area contributed by atoms with Crippen LogP contribution in [0.4, 0.5) is 0 Å². The maximum absolute atomic E-state index is 12.7. The topological polar surface area (TPSA) is 55.6 Å². The Kier molecular flexibility index (Phi) is 4.78. The summed E-state index contributed by atoms with van der Waals surface area (Å²) in [6.07, 6.45) is 0.0929. The van der Waals surface area contributed by atoms with Gasteiger partial charge in [-0.1, -0.05) is 37.3 Å². The minimum Gasteiger partial charge on any atom is -0.375 e. The van der Waals surface area contributed by atoms with Crippen molar-refractivity contribution in [2.24, 2.45) is 11.7 Å². The Morgan fingerprint density at radius 1 is 1.35 bits per heavy atom. The number of hydrogen-bond acceptors (Lipinski definition) is 3. The lowest BCUT2D eigenvalue weighted by atomic mass is 9.93. The van der Waals surface area contributed by atoms with Crippen LogP contribution < -0.4 is 5.73 Å². The van der Waals surface area contributed by atoms with E-state index in [9.17, 15) is 4.79 Å². The van der Waals surface area contributed by atoms with E-state index in [2.05, 4.69) is 0 Å². The highest BCUT2D eigenvalue weighted by Gasteiger charge is 2.32. The monoisotopic (exact) mass is 276 g/mol.